The summed E-state index contributed by atoms with van der Waals surface area (Å²) in [5.41, 5.74) is 1.65. The Morgan fingerprint density at radius 2 is 1.75 bits per heavy atom. The van der Waals surface area contributed by atoms with Crippen LogP contribution in [0.5, 0.6) is 0 Å². The van der Waals surface area contributed by atoms with E-state index in [9.17, 15) is 18.0 Å². The molecule has 2 N–H and O–H groups in total. The molecule has 0 atom stereocenters. The fourth-order valence-corrected chi connectivity index (χ4v) is 4.10. The Labute approximate surface area is 161 Å². The smallest absolute Gasteiger partial charge is 0.362 e. The second-order valence-electron chi connectivity index (χ2n) is 7.59. The standard InChI is InChI=1S/C21H22F3N3O/c1-14-5-4-7-16-18(14)25-20(26-19(16)28)9-11-27(12-10-20)13-15-6-2-3-8-17(15)21(22,23)24/h2-8,25H,9-13H2,1H3,(H,26,28). The number of hydrogen-bond donors (Lipinski definition) is 2. The van der Waals surface area contributed by atoms with Gasteiger partial charge in [0.1, 0.15) is 5.66 Å². The van der Waals surface area contributed by atoms with Crippen LogP contribution in [0.1, 0.15) is 39.9 Å². The second kappa shape index (κ2) is 6.81. The van der Waals surface area contributed by atoms with Gasteiger partial charge in [0, 0.05) is 32.5 Å². The molecule has 2 aliphatic rings. The van der Waals surface area contributed by atoms with Crippen LogP contribution in [0.25, 0.3) is 0 Å². The van der Waals surface area contributed by atoms with Crippen LogP contribution in [0.4, 0.5) is 18.9 Å². The maximum atomic E-state index is 13.2. The van der Waals surface area contributed by atoms with Gasteiger partial charge >= 0.3 is 6.18 Å². The summed E-state index contributed by atoms with van der Waals surface area (Å²) in [4.78, 5) is 14.6. The molecule has 0 unspecified atom stereocenters. The summed E-state index contributed by atoms with van der Waals surface area (Å²) in [5, 5.41) is 6.57. The number of halogens is 3. The number of likely N-dealkylation sites (tertiary alicyclic amines) is 1. The molecule has 1 saturated heterocycles. The van der Waals surface area contributed by atoms with Gasteiger partial charge in [0.15, 0.2) is 0 Å². The summed E-state index contributed by atoms with van der Waals surface area (Å²) < 4.78 is 39.7. The van der Waals surface area contributed by atoms with Crippen LogP contribution in [0, 0.1) is 6.92 Å². The van der Waals surface area contributed by atoms with Gasteiger partial charge in [0.05, 0.1) is 16.8 Å². The molecule has 4 nitrogen and oxygen atoms in total. The van der Waals surface area contributed by atoms with Crippen molar-refractivity contribution >= 4 is 11.6 Å². The largest absolute Gasteiger partial charge is 0.416 e. The lowest BCUT2D eigenvalue weighted by atomic mass is 9.91. The summed E-state index contributed by atoms with van der Waals surface area (Å²) in [6.07, 6.45) is -3.10. The minimum atomic E-state index is -4.35. The molecule has 2 heterocycles. The number of rotatable bonds is 2. The number of fused-ring (bicyclic) bond motifs is 1. The Morgan fingerprint density at radius 1 is 1.04 bits per heavy atom. The highest BCUT2D eigenvalue weighted by atomic mass is 19.4. The summed E-state index contributed by atoms with van der Waals surface area (Å²) in [7, 11) is 0. The Kier molecular flexibility index (Phi) is 4.57. The maximum absolute atomic E-state index is 13.2. The van der Waals surface area contributed by atoms with Gasteiger partial charge in [-0.3, -0.25) is 9.69 Å². The molecule has 2 aliphatic heterocycles. The molecule has 1 fully saturated rings. The Hall–Kier alpha value is -2.54. The van der Waals surface area contributed by atoms with E-state index in [1.54, 1.807) is 12.1 Å². The number of nitrogens with zero attached hydrogens (tertiary/aromatic N) is 1. The van der Waals surface area contributed by atoms with Gasteiger partial charge in [-0.1, -0.05) is 30.3 Å². The summed E-state index contributed by atoms with van der Waals surface area (Å²) in [5.74, 6) is -0.103. The number of anilines is 1. The molecule has 148 valence electrons. The Balaban J connectivity index is 1.48. The average molecular weight is 389 g/mol. The van der Waals surface area contributed by atoms with E-state index in [2.05, 4.69) is 10.6 Å². The first-order valence-corrected chi connectivity index (χ1v) is 9.35. The van der Waals surface area contributed by atoms with Gasteiger partial charge in [-0.25, -0.2) is 0 Å². The van der Waals surface area contributed by atoms with Crippen LogP contribution >= 0.6 is 0 Å². The van der Waals surface area contributed by atoms with Gasteiger partial charge in [0.2, 0.25) is 0 Å². The molecular weight excluding hydrogens is 367 g/mol. The first kappa shape index (κ1) is 18.8. The van der Waals surface area contributed by atoms with E-state index in [1.165, 1.54) is 12.1 Å². The number of carbonyl (C=O) groups excluding carboxylic acids is 1. The molecule has 4 rings (SSSR count). The molecule has 0 radical (unpaired) electrons. The van der Waals surface area contributed by atoms with Crippen molar-refractivity contribution in [2.24, 2.45) is 0 Å². The number of benzene rings is 2. The zero-order valence-corrected chi connectivity index (χ0v) is 15.6. The van der Waals surface area contributed by atoms with Crippen molar-refractivity contribution in [2.75, 3.05) is 18.4 Å². The van der Waals surface area contributed by atoms with E-state index < -0.39 is 17.4 Å². The average Bonchev–Trinajstić information content (AvgIpc) is 2.65. The summed E-state index contributed by atoms with van der Waals surface area (Å²) >= 11 is 0. The number of piperidine rings is 1. The molecule has 2 aromatic carbocycles. The van der Waals surface area contributed by atoms with E-state index in [0.717, 1.165) is 17.3 Å². The number of alkyl halides is 3. The zero-order valence-electron chi connectivity index (χ0n) is 15.6. The van der Waals surface area contributed by atoms with Crippen molar-refractivity contribution in [3.05, 3.63) is 64.7 Å². The predicted octanol–water partition coefficient (Wildman–Crippen LogP) is 4.16. The van der Waals surface area contributed by atoms with E-state index in [1.807, 2.05) is 24.0 Å². The lowest BCUT2D eigenvalue weighted by Crippen LogP contribution is -2.62. The third-order valence-corrected chi connectivity index (χ3v) is 5.66. The molecule has 1 amide bonds. The van der Waals surface area contributed by atoms with Gasteiger partial charge in [-0.2, -0.15) is 13.2 Å². The van der Waals surface area contributed by atoms with E-state index in [4.69, 9.17) is 0 Å². The monoisotopic (exact) mass is 389 g/mol. The molecule has 0 aliphatic carbocycles. The van der Waals surface area contributed by atoms with Crippen molar-refractivity contribution in [1.82, 2.24) is 10.2 Å². The van der Waals surface area contributed by atoms with Crippen LogP contribution in [-0.2, 0) is 12.7 Å². The quantitative estimate of drug-likeness (QED) is 0.811. The van der Waals surface area contributed by atoms with Crippen LogP contribution < -0.4 is 10.6 Å². The fraction of sp³-hybridized carbons (Fsp3) is 0.381. The Bertz CT molecular complexity index is 902. The molecule has 0 saturated carbocycles. The summed E-state index contributed by atoms with van der Waals surface area (Å²) in [6, 6.07) is 11.3. The third kappa shape index (κ3) is 3.46. The van der Waals surface area contributed by atoms with Crippen molar-refractivity contribution < 1.29 is 18.0 Å². The van der Waals surface area contributed by atoms with Gasteiger partial charge in [-0.15, -0.1) is 0 Å². The number of amides is 1. The molecule has 2 aromatic rings. The highest BCUT2D eigenvalue weighted by molar-refractivity contribution is 6.02. The van der Waals surface area contributed by atoms with Crippen molar-refractivity contribution in [3.63, 3.8) is 0 Å². The number of aryl methyl sites for hydroxylation is 1. The first-order valence-electron chi connectivity index (χ1n) is 9.35. The van der Waals surface area contributed by atoms with Crippen LogP contribution in [0.2, 0.25) is 0 Å². The SMILES string of the molecule is Cc1cccc2c1NC1(CCN(Cc3ccccc3C(F)(F)F)CC1)NC2=O. The predicted molar refractivity (Wildman–Crippen MR) is 101 cm³/mol. The molecule has 0 bridgehead atoms. The molecular formula is C21H22F3N3O. The van der Waals surface area contributed by atoms with E-state index in [0.29, 0.717) is 31.5 Å². The lowest BCUT2D eigenvalue weighted by Gasteiger charge is -2.46. The molecule has 0 aromatic heterocycles. The molecule has 1 spiro atoms. The maximum Gasteiger partial charge on any atom is 0.416 e. The van der Waals surface area contributed by atoms with Crippen molar-refractivity contribution in [2.45, 2.75) is 38.1 Å². The number of nitrogens with one attached hydrogen (secondary N) is 2. The third-order valence-electron chi connectivity index (χ3n) is 5.66. The lowest BCUT2D eigenvalue weighted by molar-refractivity contribution is -0.138. The van der Waals surface area contributed by atoms with E-state index in [-0.39, 0.29) is 18.0 Å². The first-order chi connectivity index (χ1) is 13.3. The fourth-order valence-electron chi connectivity index (χ4n) is 4.10. The zero-order chi connectivity index (χ0) is 19.9. The van der Waals surface area contributed by atoms with Crippen LogP contribution in [0.3, 0.4) is 0 Å². The Morgan fingerprint density at radius 3 is 2.46 bits per heavy atom. The van der Waals surface area contributed by atoms with Crippen LogP contribution in [-0.4, -0.2) is 29.6 Å². The van der Waals surface area contributed by atoms with E-state index >= 15 is 0 Å². The number of carbonyl (C=O) groups is 1. The normalized spacial score (nSPS) is 19.1. The minimum Gasteiger partial charge on any atom is -0.362 e. The number of para-hydroxylation sites is 1. The number of hydrogen-bond acceptors (Lipinski definition) is 3. The highest BCUT2D eigenvalue weighted by Gasteiger charge is 2.41. The van der Waals surface area contributed by atoms with Gasteiger partial charge in [-0.05, 0) is 30.2 Å². The summed E-state index contributed by atoms with van der Waals surface area (Å²) in [6.45, 7) is 3.40. The van der Waals surface area contributed by atoms with Crippen molar-refractivity contribution in [1.29, 1.82) is 0 Å². The minimum absolute atomic E-state index is 0.103. The topological polar surface area (TPSA) is 44.4 Å². The van der Waals surface area contributed by atoms with Crippen molar-refractivity contribution in [3.8, 4) is 0 Å². The molecule has 7 heteroatoms. The van der Waals surface area contributed by atoms with Gasteiger partial charge < -0.3 is 10.6 Å². The second-order valence-corrected chi connectivity index (χ2v) is 7.59. The van der Waals surface area contributed by atoms with Gasteiger partial charge in [0.25, 0.3) is 5.91 Å². The highest BCUT2D eigenvalue weighted by Crippen LogP contribution is 2.35. The van der Waals surface area contributed by atoms with Crippen LogP contribution in [0.15, 0.2) is 42.5 Å². The molecule has 28 heavy (non-hydrogen) atoms.